The van der Waals surface area contributed by atoms with Crippen molar-refractivity contribution in [2.45, 2.75) is 13.0 Å². The smallest absolute Gasteiger partial charge is 0.179 e. The number of benzene rings is 2. The first-order chi connectivity index (χ1) is 11.7. The standard InChI is InChI=1S/C19H25ClN2O2.ClH/c1-23-17-9-8-16(18(20)19(17)24-2)14-22(13-11-21)12-10-15-6-4-3-5-7-15;/h3-9H,10-14,21H2,1-2H3;1H. The molecule has 0 amide bonds. The number of methoxy groups -OCH3 is 2. The van der Waals surface area contributed by atoms with E-state index in [9.17, 15) is 0 Å². The predicted octanol–water partition coefficient (Wildman–Crippen LogP) is 3.78. The lowest BCUT2D eigenvalue weighted by Gasteiger charge is -2.23. The summed E-state index contributed by atoms with van der Waals surface area (Å²) in [6.45, 7) is 3.08. The molecule has 4 nitrogen and oxygen atoms in total. The SMILES string of the molecule is COc1ccc(CN(CCN)CCc2ccccc2)c(Cl)c1OC.Cl. The van der Waals surface area contributed by atoms with Gasteiger partial charge in [0, 0.05) is 26.2 Å². The van der Waals surface area contributed by atoms with E-state index in [-0.39, 0.29) is 12.4 Å². The Kier molecular flexibility index (Phi) is 9.68. The lowest BCUT2D eigenvalue weighted by Crippen LogP contribution is -2.31. The van der Waals surface area contributed by atoms with E-state index in [2.05, 4.69) is 29.2 Å². The largest absolute Gasteiger partial charge is 0.493 e. The minimum Gasteiger partial charge on any atom is -0.493 e. The van der Waals surface area contributed by atoms with Crippen LogP contribution in [0, 0.1) is 0 Å². The number of halogens is 2. The molecule has 0 heterocycles. The topological polar surface area (TPSA) is 47.7 Å². The Morgan fingerprint density at radius 2 is 1.72 bits per heavy atom. The van der Waals surface area contributed by atoms with Gasteiger partial charge in [0.05, 0.1) is 19.2 Å². The first-order valence-corrected chi connectivity index (χ1v) is 8.43. The van der Waals surface area contributed by atoms with Crippen LogP contribution in [0.15, 0.2) is 42.5 Å². The van der Waals surface area contributed by atoms with Gasteiger partial charge in [0.1, 0.15) is 0 Å². The molecule has 2 rings (SSSR count). The zero-order valence-electron chi connectivity index (χ0n) is 14.7. The highest BCUT2D eigenvalue weighted by atomic mass is 35.5. The maximum absolute atomic E-state index is 6.49. The van der Waals surface area contributed by atoms with Crippen molar-refractivity contribution < 1.29 is 9.47 Å². The van der Waals surface area contributed by atoms with Crippen molar-refractivity contribution in [2.75, 3.05) is 33.9 Å². The maximum atomic E-state index is 6.49. The van der Waals surface area contributed by atoms with Crippen molar-refractivity contribution in [3.8, 4) is 11.5 Å². The molecule has 0 aliphatic carbocycles. The summed E-state index contributed by atoms with van der Waals surface area (Å²) in [5, 5.41) is 0.596. The summed E-state index contributed by atoms with van der Waals surface area (Å²) in [6.07, 6.45) is 0.978. The summed E-state index contributed by atoms with van der Waals surface area (Å²) >= 11 is 6.49. The van der Waals surface area contributed by atoms with E-state index in [0.717, 1.165) is 31.6 Å². The summed E-state index contributed by atoms with van der Waals surface area (Å²) in [6, 6.07) is 14.3. The van der Waals surface area contributed by atoms with Gasteiger partial charge >= 0.3 is 0 Å². The second-order valence-electron chi connectivity index (χ2n) is 5.57. The van der Waals surface area contributed by atoms with Crippen LogP contribution in [0.4, 0.5) is 0 Å². The Morgan fingerprint density at radius 3 is 2.32 bits per heavy atom. The van der Waals surface area contributed by atoms with Crippen LogP contribution >= 0.6 is 24.0 Å². The molecule has 2 N–H and O–H groups in total. The zero-order chi connectivity index (χ0) is 17.4. The average Bonchev–Trinajstić information content (AvgIpc) is 2.62. The van der Waals surface area contributed by atoms with E-state index < -0.39 is 0 Å². The second kappa shape index (κ2) is 11.2. The lowest BCUT2D eigenvalue weighted by atomic mass is 10.1. The summed E-state index contributed by atoms with van der Waals surface area (Å²) in [5.41, 5.74) is 8.10. The van der Waals surface area contributed by atoms with Crippen LogP contribution in [0.1, 0.15) is 11.1 Å². The van der Waals surface area contributed by atoms with Crippen LogP contribution in [0.5, 0.6) is 11.5 Å². The monoisotopic (exact) mass is 384 g/mol. The second-order valence-corrected chi connectivity index (χ2v) is 5.95. The van der Waals surface area contributed by atoms with Crippen molar-refractivity contribution in [1.29, 1.82) is 0 Å². The number of nitrogens with zero attached hydrogens (tertiary/aromatic N) is 1. The van der Waals surface area contributed by atoms with Crippen molar-refractivity contribution >= 4 is 24.0 Å². The van der Waals surface area contributed by atoms with Gasteiger partial charge in [0.2, 0.25) is 0 Å². The maximum Gasteiger partial charge on any atom is 0.179 e. The lowest BCUT2D eigenvalue weighted by molar-refractivity contribution is 0.275. The molecule has 0 radical (unpaired) electrons. The quantitative estimate of drug-likeness (QED) is 0.714. The molecule has 0 fully saturated rings. The molecule has 0 unspecified atom stereocenters. The summed E-state index contributed by atoms with van der Waals surface area (Å²) in [7, 11) is 3.20. The van der Waals surface area contributed by atoms with Crippen molar-refractivity contribution in [3.63, 3.8) is 0 Å². The van der Waals surface area contributed by atoms with E-state index in [1.54, 1.807) is 14.2 Å². The van der Waals surface area contributed by atoms with Crippen molar-refractivity contribution in [2.24, 2.45) is 5.73 Å². The summed E-state index contributed by atoms with van der Waals surface area (Å²) < 4.78 is 10.7. The van der Waals surface area contributed by atoms with Gasteiger partial charge < -0.3 is 15.2 Å². The molecule has 0 atom stereocenters. The fraction of sp³-hybridized carbons (Fsp3) is 0.368. The van der Waals surface area contributed by atoms with Gasteiger partial charge in [-0.25, -0.2) is 0 Å². The molecule has 0 bridgehead atoms. The van der Waals surface area contributed by atoms with E-state index in [4.69, 9.17) is 26.8 Å². The molecular formula is C19H26Cl2N2O2. The molecular weight excluding hydrogens is 359 g/mol. The fourth-order valence-corrected chi connectivity index (χ4v) is 2.97. The van der Waals surface area contributed by atoms with Crippen molar-refractivity contribution in [1.82, 2.24) is 4.90 Å². The minimum absolute atomic E-state index is 0. The van der Waals surface area contributed by atoms with Gasteiger partial charge in [0.15, 0.2) is 11.5 Å². The normalized spacial score (nSPS) is 10.4. The number of hydrogen-bond acceptors (Lipinski definition) is 4. The minimum atomic E-state index is 0. The van der Waals surface area contributed by atoms with Crippen LogP contribution < -0.4 is 15.2 Å². The highest BCUT2D eigenvalue weighted by molar-refractivity contribution is 6.33. The summed E-state index contributed by atoms with van der Waals surface area (Å²) in [4.78, 5) is 2.31. The van der Waals surface area contributed by atoms with Crippen LogP contribution in [0.25, 0.3) is 0 Å². The molecule has 0 saturated heterocycles. The van der Waals surface area contributed by atoms with Crippen LogP contribution in [-0.4, -0.2) is 38.8 Å². The first-order valence-electron chi connectivity index (χ1n) is 8.05. The van der Waals surface area contributed by atoms with Crippen molar-refractivity contribution in [3.05, 3.63) is 58.6 Å². The molecule has 2 aromatic rings. The van der Waals surface area contributed by atoms with Gasteiger partial charge in [-0.05, 0) is 23.6 Å². The van der Waals surface area contributed by atoms with Crippen LogP contribution in [0.2, 0.25) is 5.02 Å². The number of hydrogen-bond donors (Lipinski definition) is 1. The molecule has 0 aromatic heterocycles. The molecule has 0 saturated carbocycles. The Morgan fingerprint density at radius 1 is 1.00 bits per heavy atom. The highest BCUT2D eigenvalue weighted by Crippen LogP contribution is 2.37. The molecule has 138 valence electrons. The van der Waals surface area contributed by atoms with Gasteiger partial charge in [-0.3, -0.25) is 4.90 Å². The predicted molar refractivity (Wildman–Crippen MR) is 106 cm³/mol. The Labute approximate surface area is 161 Å². The Bertz CT molecular complexity index is 639. The number of ether oxygens (including phenoxy) is 2. The van der Waals surface area contributed by atoms with Gasteiger partial charge in [-0.15, -0.1) is 12.4 Å². The third-order valence-electron chi connectivity index (χ3n) is 3.96. The van der Waals surface area contributed by atoms with E-state index >= 15 is 0 Å². The van der Waals surface area contributed by atoms with E-state index in [1.165, 1.54) is 5.56 Å². The molecule has 0 spiro atoms. The number of nitrogens with two attached hydrogens (primary N) is 1. The van der Waals surface area contributed by atoms with E-state index in [1.807, 2.05) is 18.2 Å². The average molecular weight is 385 g/mol. The zero-order valence-corrected chi connectivity index (χ0v) is 16.3. The Balaban J connectivity index is 0.00000312. The van der Waals surface area contributed by atoms with Crippen LogP contribution in [0.3, 0.4) is 0 Å². The van der Waals surface area contributed by atoms with Gasteiger partial charge in [0.25, 0.3) is 0 Å². The molecule has 0 aliphatic rings. The highest BCUT2D eigenvalue weighted by Gasteiger charge is 2.15. The third-order valence-corrected chi connectivity index (χ3v) is 4.38. The first kappa shape index (κ1) is 21.6. The molecule has 25 heavy (non-hydrogen) atoms. The Hall–Kier alpha value is -1.46. The fourth-order valence-electron chi connectivity index (χ4n) is 2.68. The van der Waals surface area contributed by atoms with Gasteiger partial charge in [-0.2, -0.15) is 0 Å². The summed E-state index contributed by atoms with van der Waals surface area (Å²) in [5.74, 6) is 1.22. The third kappa shape index (κ3) is 6.08. The molecule has 0 aliphatic heterocycles. The number of rotatable bonds is 9. The van der Waals surface area contributed by atoms with Crippen LogP contribution in [-0.2, 0) is 13.0 Å². The molecule has 2 aromatic carbocycles. The van der Waals surface area contributed by atoms with E-state index in [0.29, 0.717) is 23.1 Å². The molecule has 6 heteroatoms. The van der Waals surface area contributed by atoms with Gasteiger partial charge in [-0.1, -0.05) is 48.0 Å².